The molecule has 4 aromatic rings. The summed E-state index contributed by atoms with van der Waals surface area (Å²) in [5.41, 5.74) is 1.76. The fourth-order valence-corrected chi connectivity index (χ4v) is 5.76. The number of benzene rings is 2. The van der Waals surface area contributed by atoms with Crippen molar-refractivity contribution >= 4 is 21.7 Å². The molecule has 2 aromatic heterocycles. The van der Waals surface area contributed by atoms with Gasteiger partial charge in [-0.1, -0.05) is 13.0 Å². The number of pyridine rings is 1. The van der Waals surface area contributed by atoms with Crippen LogP contribution < -0.4 is 0 Å². The highest BCUT2D eigenvalue weighted by atomic mass is 19.1. The molecular weight excluding hydrogens is 424 g/mol. The molecule has 2 unspecified atom stereocenters. The predicted octanol–water partition coefficient (Wildman–Crippen LogP) is 5.18. The summed E-state index contributed by atoms with van der Waals surface area (Å²) in [5, 5.41) is 21.9. The Hall–Kier alpha value is -3.19. The van der Waals surface area contributed by atoms with Crippen molar-refractivity contribution in [3.63, 3.8) is 0 Å². The van der Waals surface area contributed by atoms with Gasteiger partial charge in [0.15, 0.2) is 5.82 Å². The first-order valence-corrected chi connectivity index (χ1v) is 11.3. The molecule has 33 heavy (non-hydrogen) atoms. The molecule has 168 valence electrons. The second-order valence-corrected chi connectivity index (χ2v) is 9.30. The number of aliphatic hydroxyl groups excluding tert-OH is 1. The zero-order valence-electron chi connectivity index (χ0n) is 18.3. The lowest BCUT2D eigenvalue weighted by molar-refractivity contribution is 0.228. The standard InChI is InChI=1S/C26H23F2N3O2/c1-3-15-20(27)5-4-12-6-14(32)9-18(21(12)15)24-22(28)25-19(10-29-24)23(30-11(2)31-25)13-7-16-17(8-13)26(16)33/h4-6,9-10,13,16-17,26,32-33H,3,7-8H2,1-2H3. The van der Waals surface area contributed by atoms with Crippen molar-refractivity contribution in [2.45, 2.75) is 45.1 Å². The number of hydrogen-bond acceptors (Lipinski definition) is 5. The van der Waals surface area contributed by atoms with Gasteiger partial charge in [0, 0.05) is 23.1 Å². The molecule has 0 radical (unpaired) electrons. The molecule has 2 fully saturated rings. The van der Waals surface area contributed by atoms with E-state index < -0.39 is 5.82 Å². The Balaban J connectivity index is 1.57. The molecule has 2 N–H and O–H groups in total. The van der Waals surface area contributed by atoms with E-state index in [1.807, 2.05) is 6.92 Å². The molecular formula is C26H23F2N3O2. The van der Waals surface area contributed by atoms with E-state index >= 15 is 4.39 Å². The summed E-state index contributed by atoms with van der Waals surface area (Å²) in [5.74, 6) is 0.187. The largest absolute Gasteiger partial charge is 0.508 e. The first-order valence-electron chi connectivity index (χ1n) is 11.3. The minimum Gasteiger partial charge on any atom is -0.508 e. The monoisotopic (exact) mass is 447 g/mol. The van der Waals surface area contributed by atoms with Crippen molar-refractivity contribution in [3.8, 4) is 17.0 Å². The number of halogens is 2. The Bertz CT molecular complexity index is 1440. The number of nitrogens with zero attached hydrogens (tertiary/aromatic N) is 3. The molecule has 2 atom stereocenters. The summed E-state index contributed by atoms with van der Waals surface area (Å²) in [6, 6.07) is 5.91. The van der Waals surface area contributed by atoms with Crippen molar-refractivity contribution in [1.82, 2.24) is 15.0 Å². The van der Waals surface area contributed by atoms with Gasteiger partial charge in [-0.15, -0.1) is 0 Å². The van der Waals surface area contributed by atoms with Crippen LogP contribution in [0.5, 0.6) is 5.75 Å². The number of hydrogen-bond donors (Lipinski definition) is 2. The predicted molar refractivity (Wildman–Crippen MR) is 121 cm³/mol. The Morgan fingerprint density at radius 2 is 1.85 bits per heavy atom. The van der Waals surface area contributed by atoms with Crippen molar-refractivity contribution in [2.24, 2.45) is 11.8 Å². The third-order valence-electron chi connectivity index (χ3n) is 7.37. The van der Waals surface area contributed by atoms with Crippen LogP contribution in [0.15, 0.2) is 30.5 Å². The van der Waals surface area contributed by atoms with Gasteiger partial charge in [0.05, 0.1) is 11.8 Å². The quantitative estimate of drug-likeness (QED) is 0.452. The van der Waals surface area contributed by atoms with E-state index in [1.54, 1.807) is 25.3 Å². The van der Waals surface area contributed by atoms with Crippen LogP contribution in [0.4, 0.5) is 8.78 Å². The van der Waals surface area contributed by atoms with E-state index in [9.17, 15) is 14.6 Å². The van der Waals surface area contributed by atoms with Crippen LogP contribution in [-0.2, 0) is 6.42 Å². The maximum absolute atomic E-state index is 16.0. The Morgan fingerprint density at radius 3 is 2.58 bits per heavy atom. The normalized spacial score (nSPS) is 23.9. The van der Waals surface area contributed by atoms with Crippen LogP contribution in [0.3, 0.4) is 0 Å². The van der Waals surface area contributed by atoms with Gasteiger partial charge in [-0.3, -0.25) is 4.98 Å². The number of rotatable bonds is 3. The number of aromatic hydroxyl groups is 1. The first kappa shape index (κ1) is 20.4. The minimum atomic E-state index is -0.611. The molecule has 2 aromatic carbocycles. The van der Waals surface area contributed by atoms with E-state index in [1.165, 1.54) is 12.1 Å². The lowest BCUT2D eigenvalue weighted by Crippen LogP contribution is -2.08. The summed E-state index contributed by atoms with van der Waals surface area (Å²) in [6.45, 7) is 3.58. The molecule has 2 aliphatic carbocycles. The van der Waals surface area contributed by atoms with Crippen LogP contribution in [0.25, 0.3) is 32.9 Å². The van der Waals surface area contributed by atoms with Crippen LogP contribution in [0.1, 0.15) is 42.8 Å². The fourth-order valence-electron chi connectivity index (χ4n) is 5.76. The number of aromatic nitrogens is 3. The molecule has 0 aliphatic heterocycles. The van der Waals surface area contributed by atoms with Crippen LogP contribution >= 0.6 is 0 Å². The van der Waals surface area contributed by atoms with Gasteiger partial charge in [0.1, 0.15) is 28.6 Å². The summed E-state index contributed by atoms with van der Waals surface area (Å²) in [6.07, 6.45) is 3.44. The third-order valence-corrected chi connectivity index (χ3v) is 7.37. The zero-order chi connectivity index (χ0) is 23.0. The van der Waals surface area contributed by atoms with Crippen LogP contribution in [0, 0.1) is 30.4 Å². The lowest BCUT2D eigenvalue weighted by Gasteiger charge is -2.17. The SMILES string of the molecule is CCc1c(F)ccc2cc(O)cc(-c3ncc4c(C5CC6C(O)C6C5)nc(C)nc4c3F)c12. The lowest BCUT2D eigenvalue weighted by atomic mass is 9.93. The Labute approximate surface area is 189 Å². The van der Waals surface area contributed by atoms with Crippen LogP contribution in [0.2, 0.25) is 0 Å². The molecule has 2 heterocycles. The summed E-state index contributed by atoms with van der Waals surface area (Å²) < 4.78 is 30.6. The average Bonchev–Trinajstić information content (AvgIpc) is 3.18. The third kappa shape index (κ3) is 3.02. The summed E-state index contributed by atoms with van der Waals surface area (Å²) in [7, 11) is 0. The van der Waals surface area contributed by atoms with Gasteiger partial charge < -0.3 is 10.2 Å². The second-order valence-electron chi connectivity index (χ2n) is 9.30. The summed E-state index contributed by atoms with van der Waals surface area (Å²) >= 11 is 0. The van der Waals surface area contributed by atoms with E-state index in [0.717, 1.165) is 18.5 Å². The van der Waals surface area contributed by atoms with Gasteiger partial charge in [0.25, 0.3) is 0 Å². The molecule has 0 bridgehead atoms. The number of fused-ring (bicyclic) bond motifs is 3. The number of phenols is 1. The average molecular weight is 447 g/mol. The topological polar surface area (TPSA) is 79.1 Å². The molecule has 6 rings (SSSR count). The molecule has 0 saturated heterocycles. The number of aliphatic hydroxyl groups is 1. The van der Waals surface area contributed by atoms with Gasteiger partial charge >= 0.3 is 0 Å². The van der Waals surface area contributed by atoms with E-state index in [0.29, 0.717) is 51.4 Å². The molecule has 0 amide bonds. The van der Waals surface area contributed by atoms with Crippen molar-refractivity contribution in [1.29, 1.82) is 0 Å². The van der Waals surface area contributed by atoms with E-state index in [-0.39, 0.29) is 34.8 Å². The second kappa shape index (κ2) is 7.15. The molecule has 2 saturated carbocycles. The van der Waals surface area contributed by atoms with Crippen molar-refractivity contribution < 1.29 is 19.0 Å². The summed E-state index contributed by atoms with van der Waals surface area (Å²) in [4.78, 5) is 13.5. The highest BCUT2D eigenvalue weighted by Crippen LogP contribution is 2.57. The van der Waals surface area contributed by atoms with Gasteiger partial charge in [-0.2, -0.15) is 0 Å². The highest BCUT2D eigenvalue weighted by molar-refractivity contribution is 6.01. The molecule has 2 aliphatic rings. The number of phenolic OH excluding ortho intramolecular Hbond substituents is 1. The van der Waals surface area contributed by atoms with Crippen molar-refractivity contribution in [2.75, 3.05) is 0 Å². The van der Waals surface area contributed by atoms with Gasteiger partial charge in [0.2, 0.25) is 0 Å². The maximum Gasteiger partial charge on any atom is 0.175 e. The molecule has 0 spiro atoms. The fraction of sp³-hybridized carbons (Fsp3) is 0.346. The Morgan fingerprint density at radius 1 is 1.09 bits per heavy atom. The van der Waals surface area contributed by atoms with Gasteiger partial charge in [-0.05, 0) is 72.6 Å². The van der Waals surface area contributed by atoms with Gasteiger partial charge in [-0.25, -0.2) is 18.7 Å². The minimum absolute atomic E-state index is 0.0254. The Kier molecular flexibility index (Phi) is 4.43. The first-order chi connectivity index (χ1) is 15.9. The van der Waals surface area contributed by atoms with E-state index in [2.05, 4.69) is 15.0 Å². The molecule has 7 heteroatoms. The van der Waals surface area contributed by atoms with Crippen LogP contribution in [-0.4, -0.2) is 31.3 Å². The number of aryl methyl sites for hydroxylation is 2. The van der Waals surface area contributed by atoms with E-state index in [4.69, 9.17) is 0 Å². The zero-order valence-corrected chi connectivity index (χ0v) is 18.3. The highest BCUT2D eigenvalue weighted by Gasteiger charge is 2.56. The maximum atomic E-state index is 16.0. The van der Waals surface area contributed by atoms with Crippen molar-refractivity contribution in [3.05, 3.63) is 59.2 Å². The smallest absolute Gasteiger partial charge is 0.175 e. The molecule has 5 nitrogen and oxygen atoms in total.